The number of aryl methyl sites for hydroxylation is 1. The number of hydrogen-bond donors (Lipinski definition) is 1. The Morgan fingerprint density at radius 3 is 2.57 bits per heavy atom. The second kappa shape index (κ2) is 6.11. The predicted octanol–water partition coefficient (Wildman–Crippen LogP) is 2.98. The fourth-order valence-electron chi connectivity index (χ4n) is 2.80. The zero-order chi connectivity index (χ0) is 16.6. The van der Waals surface area contributed by atoms with E-state index in [0.29, 0.717) is 17.9 Å². The van der Waals surface area contributed by atoms with Crippen LogP contribution in [0.2, 0.25) is 5.02 Å². The van der Waals surface area contributed by atoms with Gasteiger partial charge in [-0.2, -0.15) is 0 Å². The molecule has 0 aromatic heterocycles. The van der Waals surface area contributed by atoms with E-state index in [9.17, 15) is 17.9 Å². The maximum Gasteiger partial charge on any atom is 0.264 e. The van der Waals surface area contributed by atoms with Crippen molar-refractivity contribution in [3.8, 4) is 0 Å². The Balaban J connectivity index is 2.15. The van der Waals surface area contributed by atoms with Crippen LogP contribution in [0, 0.1) is 5.82 Å². The first kappa shape index (κ1) is 16.2. The number of halogens is 2. The lowest BCUT2D eigenvalue weighted by molar-refractivity contribution is 0.258. The first-order chi connectivity index (χ1) is 10.9. The van der Waals surface area contributed by atoms with E-state index >= 15 is 0 Å². The summed E-state index contributed by atoms with van der Waals surface area (Å²) in [5.41, 5.74) is 1.03. The molecule has 1 aliphatic rings. The SMILES string of the molecule is O=S(=O)(c1ccc(Cl)cc1)N1c2cc(F)ccc2CCC1CO. The summed E-state index contributed by atoms with van der Waals surface area (Å²) in [4.78, 5) is 0.0532. The molecule has 4 nitrogen and oxygen atoms in total. The van der Waals surface area contributed by atoms with E-state index in [2.05, 4.69) is 0 Å². The van der Waals surface area contributed by atoms with Crippen LogP contribution in [0.1, 0.15) is 12.0 Å². The molecule has 0 spiro atoms. The third kappa shape index (κ3) is 2.94. The second-order valence-corrected chi connectivity index (χ2v) is 7.65. The molecular formula is C16H15ClFNO3S. The maximum atomic E-state index is 13.6. The summed E-state index contributed by atoms with van der Waals surface area (Å²) in [5.74, 6) is -0.515. The topological polar surface area (TPSA) is 57.6 Å². The van der Waals surface area contributed by atoms with Gasteiger partial charge in [-0.1, -0.05) is 17.7 Å². The number of rotatable bonds is 3. The summed E-state index contributed by atoms with van der Waals surface area (Å²) in [5, 5.41) is 10.0. The van der Waals surface area contributed by atoms with Gasteiger partial charge in [0, 0.05) is 5.02 Å². The van der Waals surface area contributed by atoms with Crippen LogP contribution in [-0.4, -0.2) is 26.2 Å². The van der Waals surface area contributed by atoms with Crippen molar-refractivity contribution in [3.63, 3.8) is 0 Å². The highest BCUT2D eigenvalue weighted by molar-refractivity contribution is 7.92. The fraction of sp³-hybridized carbons (Fsp3) is 0.250. The van der Waals surface area contributed by atoms with Crippen LogP contribution in [-0.2, 0) is 16.4 Å². The number of nitrogens with zero attached hydrogens (tertiary/aromatic N) is 1. The van der Waals surface area contributed by atoms with E-state index in [4.69, 9.17) is 11.6 Å². The molecule has 2 aromatic carbocycles. The Morgan fingerprint density at radius 1 is 1.22 bits per heavy atom. The van der Waals surface area contributed by atoms with Gasteiger partial charge in [-0.15, -0.1) is 0 Å². The predicted molar refractivity (Wildman–Crippen MR) is 86.7 cm³/mol. The van der Waals surface area contributed by atoms with Crippen molar-refractivity contribution in [3.05, 3.63) is 58.9 Å². The molecule has 0 radical (unpaired) electrons. The van der Waals surface area contributed by atoms with Crippen LogP contribution in [0.3, 0.4) is 0 Å². The van der Waals surface area contributed by atoms with Crippen LogP contribution in [0.15, 0.2) is 47.4 Å². The lowest BCUT2D eigenvalue weighted by Gasteiger charge is -2.37. The minimum absolute atomic E-state index is 0.0532. The van der Waals surface area contributed by atoms with E-state index in [0.717, 1.165) is 9.87 Å². The Labute approximate surface area is 139 Å². The van der Waals surface area contributed by atoms with Gasteiger partial charge >= 0.3 is 0 Å². The smallest absolute Gasteiger partial charge is 0.264 e. The molecule has 23 heavy (non-hydrogen) atoms. The molecule has 1 unspecified atom stereocenters. The van der Waals surface area contributed by atoms with Crippen molar-refractivity contribution in [2.24, 2.45) is 0 Å². The van der Waals surface area contributed by atoms with Crippen molar-refractivity contribution in [2.75, 3.05) is 10.9 Å². The van der Waals surface area contributed by atoms with Crippen LogP contribution < -0.4 is 4.31 Å². The maximum absolute atomic E-state index is 13.6. The van der Waals surface area contributed by atoms with Crippen LogP contribution in [0.25, 0.3) is 0 Å². The second-order valence-electron chi connectivity index (χ2n) is 5.40. The first-order valence-corrected chi connectivity index (χ1v) is 8.94. The van der Waals surface area contributed by atoms with E-state index in [1.807, 2.05) is 0 Å². The molecule has 1 heterocycles. The summed E-state index contributed by atoms with van der Waals surface area (Å²) in [6.07, 6.45) is 1.06. The van der Waals surface area contributed by atoms with Gasteiger partial charge in [0.05, 0.1) is 23.2 Å². The lowest BCUT2D eigenvalue weighted by atomic mass is 9.98. The third-order valence-corrected chi connectivity index (χ3v) is 6.08. The van der Waals surface area contributed by atoms with Crippen molar-refractivity contribution in [1.82, 2.24) is 0 Å². The molecule has 0 amide bonds. The van der Waals surface area contributed by atoms with E-state index < -0.39 is 21.9 Å². The largest absolute Gasteiger partial charge is 0.394 e. The average molecular weight is 356 g/mol. The molecule has 0 bridgehead atoms. The van der Waals surface area contributed by atoms with Crippen molar-refractivity contribution in [1.29, 1.82) is 0 Å². The number of aliphatic hydroxyl groups is 1. The van der Waals surface area contributed by atoms with Gasteiger partial charge in [-0.3, -0.25) is 4.31 Å². The molecular weight excluding hydrogens is 341 g/mol. The summed E-state index contributed by atoms with van der Waals surface area (Å²) >= 11 is 5.81. The van der Waals surface area contributed by atoms with Crippen LogP contribution >= 0.6 is 11.6 Å². The molecule has 122 valence electrons. The zero-order valence-corrected chi connectivity index (χ0v) is 13.7. The molecule has 0 fully saturated rings. The summed E-state index contributed by atoms with van der Waals surface area (Å²) < 4.78 is 40.7. The van der Waals surface area contributed by atoms with Gasteiger partial charge in [0.15, 0.2) is 0 Å². The Kier molecular flexibility index (Phi) is 4.31. The first-order valence-electron chi connectivity index (χ1n) is 7.13. The standard InChI is InChI=1S/C16H15ClFNO3S/c17-12-3-7-15(8-4-12)23(21,22)19-14(10-20)6-2-11-1-5-13(18)9-16(11)19/h1,3-5,7-9,14,20H,2,6,10H2. The van der Waals surface area contributed by atoms with Gasteiger partial charge < -0.3 is 5.11 Å². The number of benzene rings is 2. The molecule has 3 rings (SSSR count). The van der Waals surface area contributed by atoms with E-state index in [-0.39, 0.29) is 17.2 Å². The number of sulfonamides is 1. The minimum atomic E-state index is -3.92. The highest BCUT2D eigenvalue weighted by Crippen LogP contribution is 2.36. The number of aliphatic hydroxyl groups excluding tert-OH is 1. The molecule has 1 atom stereocenters. The van der Waals surface area contributed by atoms with Crippen molar-refractivity contribution in [2.45, 2.75) is 23.8 Å². The van der Waals surface area contributed by atoms with Gasteiger partial charge in [0.2, 0.25) is 0 Å². The molecule has 1 N–H and O–H groups in total. The Bertz CT molecular complexity index is 824. The minimum Gasteiger partial charge on any atom is -0.394 e. The molecule has 0 aliphatic carbocycles. The average Bonchev–Trinajstić information content (AvgIpc) is 2.53. The summed E-state index contributed by atoms with van der Waals surface area (Å²) in [6, 6.07) is 9.25. The van der Waals surface area contributed by atoms with E-state index in [1.165, 1.54) is 36.4 Å². The molecule has 1 aliphatic heterocycles. The monoisotopic (exact) mass is 355 g/mol. The van der Waals surface area contributed by atoms with E-state index in [1.54, 1.807) is 6.07 Å². The highest BCUT2D eigenvalue weighted by Gasteiger charge is 2.35. The third-order valence-electron chi connectivity index (χ3n) is 3.94. The van der Waals surface area contributed by atoms with Gasteiger partial charge in [-0.05, 0) is 54.8 Å². The molecule has 2 aromatic rings. The Morgan fingerprint density at radius 2 is 1.91 bits per heavy atom. The van der Waals surface area contributed by atoms with Gasteiger partial charge in [0.1, 0.15) is 5.82 Å². The van der Waals surface area contributed by atoms with Crippen LogP contribution in [0.4, 0.5) is 10.1 Å². The van der Waals surface area contributed by atoms with Crippen LogP contribution in [0.5, 0.6) is 0 Å². The molecule has 0 saturated heterocycles. The number of fused-ring (bicyclic) bond motifs is 1. The Hall–Kier alpha value is -1.63. The molecule has 0 saturated carbocycles. The van der Waals surface area contributed by atoms with Crippen molar-refractivity contribution >= 4 is 27.3 Å². The summed E-state index contributed by atoms with van der Waals surface area (Å²) in [7, 11) is -3.92. The fourth-order valence-corrected chi connectivity index (χ4v) is 4.63. The quantitative estimate of drug-likeness (QED) is 0.920. The number of hydrogen-bond acceptors (Lipinski definition) is 3. The normalized spacial score (nSPS) is 17.9. The van der Waals surface area contributed by atoms with Crippen molar-refractivity contribution < 1.29 is 17.9 Å². The lowest BCUT2D eigenvalue weighted by Crippen LogP contribution is -2.45. The summed E-state index contributed by atoms with van der Waals surface area (Å²) in [6.45, 7) is -0.331. The highest BCUT2D eigenvalue weighted by atomic mass is 35.5. The zero-order valence-electron chi connectivity index (χ0n) is 12.1. The molecule has 7 heteroatoms. The van der Waals surface area contributed by atoms with Gasteiger partial charge in [0.25, 0.3) is 10.0 Å². The number of anilines is 1. The van der Waals surface area contributed by atoms with Gasteiger partial charge in [-0.25, -0.2) is 12.8 Å².